The van der Waals surface area contributed by atoms with E-state index in [2.05, 4.69) is 20.3 Å². The fraction of sp³-hybridized carbons (Fsp3) is 0.440. The predicted molar refractivity (Wildman–Crippen MR) is 133 cm³/mol. The molecule has 10 nitrogen and oxygen atoms in total. The Morgan fingerprint density at radius 2 is 1.82 bits per heavy atom. The van der Waals surface area contributed by atoms with Crippen molar-refractivity contribution in [3.8, 4) is 11.6 Å². The van der Waals surface area contributed by atoms with E-state index >= 15 is 0 Å². The second-order valence-corrected chi connectivity index (χ2v) is 10.3. The van der Waals surface area contributed by atoms with Crippen molar-refractivity contribution in [2.45, 2.75) is 52.4 Å². The minimum absolute atomic E-state index is 0.0398. The molecule has 38 heavy (non-hydrogen) atoms. The number of hydrogen-bond acceptors (Lipinski definition) is 9. The van der Waals surface area contributed by atoms with E-state index in [1.165, 1.54) is 0 Å². The maximum Gasteiger partial charge on any atom is 0.451 e. The molecular formula is C25H27F3N8O2. The molecule has 200 valence electrons. The summed E-state index contributed by atoms with van der Waals surface area (Å²) in [6.45, 7) is 7.19. The van der Waals surface area contributed by atoms with Gasteiger partial charge in [0, 0.05) is 32.4 Å². The maximum absolute atomic E-state index is 13.3. The largest absolute Gasteiger partial charge is 0.451 e. The molecule has 0 radical (unpaired) electrons. The van der Waals surface area contributed by atoms with Gasteiger partial charge in [0.25, 0.3) is 0 Å². The Balaban J connectivity index is 1.29. The number of halogens is 3. The number of pyridine rings is 1. The first-order valence-electron chi connectivity index (χ1n) is 12.1. The molecular weight excluding hydrogens is 501 g/mol. The molecule has 2 aliphatic heterocycles. The van der Waals surface area contributed by atoms with Crippen molar-refractivity contribution in [2.75, 3.05) is 28.7 Å². The number of nitrogens with zero attached hydrogens (tertiary/aromatic N) is 7. The summed E-state index contributed by atoms with van der Waals surface area (Å²) >= 11 is 0. The molecule has 0 fully saturated rings. The minimum Gasteiger partial charge on any atom is -0.436 e. The van der Waals surface area contributed by atoms with Gasteiger partial charge >= 0.3 is 6.18 Å². The number of aryl methyl sites for hydroxylation is 1. The molecule has 2 aliphatic rings. The van der Waals surface area contributed by atoms with Crippen molar-refractivity contribution in [2.24, 2.45) is 5.41 Å². The smallest absolute Gasteiger partial charge is 0.436 e. The predicted octanol–water partition coefficient (Wildman–Crippen LogP) is 4.23. The van der Waals surface area contributed by atoms with E-state index in [9.17, 15) is 18.0 Å². The molecule has 3 aromatic heterocycles. The first-order valence-corrected chi connectivity index (χ1v) is 12.1. The molecule has 13 heteroatoms. The Hall–Kier alpha value is -4.03. The quantitative estimate of drug-likeness (QED) is 0.520. The monoisotopic (exact) mass is 528 g/mol. The minimum atomic E-state index is -4.62. The molecule has 0 saturated carbocycles. The molecule has 0 saturated heterocycles. The van der Waals surface area contributed by atoms with Crippen LogP contribution in [0.5, 0.6) is 11.6 Å². The van der Waals surface area contributed by atoms with Gasteiger partial charge in [-0.1, -0.05) is 26.8 Å². The van der Waals surface area contributed by atoms with Gasteiger partial charge in [-0.25, -0.2) is 19.9 Å². The molecule has 0 aliphatic carbocycles. The fourth-order valence-electron chi connectivity index (χ4n) is 4.78. The van der Waals surface area contributed by atoms with Gasteiger partial charge in [0.1, 0.15) is 11.7 Å². The third kappa shape index (κ3) is 4.92. The Bertz CT molecular complexity index is 1340. The van der Waals surface area contributed by atoms with Gasteiger partial charge in [-0.2, -0.15) is 18.2 Å². The van der Waals surface area contributed by atoms with Crippen molar-refractivity contribution in [1.82, 2.24) is 24.9 Å². The Morgan fingerprint density at radius 1 is 1.08 bits per heavy atom. The summed E-state index contributed by atoms with van der Waals surface area (Å²) in [5.74, 6) is 0.254. The van der Waals surface area contributed by atoms with E-state index in [4.69, 9.17) is 14.7 Å². The first kappa shape index (κ1) is 25.6. The van der Waals surface area contributed by atoms with Gasteiger partial charge in [0.2, 0.25) is 23.6 Å². The highest BCUT2D eigenvalue weighted by Crippen LogP contribution is 2.43. The normalized spacial score (nSPS) is 17.3. The van der Waals surface area contributed by atoms with Crippen molar-refractivity contribution in [3.63, 3.8) is 0 Å². The molecule has 1 N–H and O–H groups in total. The lowest BCUT2D eigenvalue weighted by Gasteiger charge is -2.47. The highest BCUT2D eigenvalue weighted by molar-refractivity contribution is 6.06. The van der Waals surface area contributed by atoms with Crippen LogP contribution in [0.15, 0.2) is 30.7 Å². The second-order valence-electron chi connectivity index (χ2n) is 10.3. The van der Waals surface area contributed by atoms with E-state index in [1.54, 1.807) is 18.3 Å². The standard InChI is InChI=1S/C25H27F3N8O2/c1-24(2,3)19-21(37)36-9-5-6-16-18(36)20(35(19)4)34-23(33-16)32-11-14-7-8-17(29-10-14)38-15-12-30-22(31-13-15)25(26,27)28/h7-8,10,12-13,19H,5-6,9,11H2,1-4H3,(H,32,33,34)/t19-/m1/s1. The van der Waals surface area contributed by atoms with Crippen LogP contribution in [-0.2, 0) is 23.9 Å². The van der Waals surface area contributed by atoms with Gasteiger partial charge in [0.05, 0.1) is 18.1 Å². The van der Waals surface area contributed by atoms with Crippen molar-refractivity contribution < 1.29 is 22.7 Å². The van der Waals surface area contributed by atoms with Crippen molar-refractivity contribution >= 4 is 23.4 Å². The van der Waals surface area contributed by atoms with Crippen LogP contribution in [0, 0.1) is 5.41 Å². The van der Waals surface area contributed by atoms with Gasteiger partial charge in [-0.3, -0.25) is 4.79 Å². The average molecular weight is 529 g/mol. The summed E-state index contributed by atoms with van der Waals surface area (Å²) in [6, 6.07) is 3.03. The molecule has 0 bridgehead atoms. The maximum atomic E-state index is 13.3. The zero-order chi connectivity index (χ0) is 27.2. The summed E-state index contributed by atoms with van der Waals surface area (Å²) < 4.78 is 43.3. The molecule has 5 heterocycles. The number of alkyl halides is 3. The number of anilines is 3. The molecule has 0 spiro atoms. The lowest BCUT2D eigenvalue weighted by molar-refractivity contribution is -0.145. The highest BCUT2D eigenvalue weighted by Gasteiger charge is 2.46. The van der Waals surface area contributed by atoms with Crippen molar-refractivity contribution in [3.05, 3.63) is 47.8 Å². The number of carbonyl (C=O) groups is 1. The lowest BCUT2D eigenvalue weighted by atomic mass is 9.83. The van der Waals surface area contributed by atoms with Crippen LogP contribution < -0.4 is 19.9 Å². The Morgan fingerprint density at radius 3 is 2.45 bits per heavy atom. The highest BCUT2D eigenvalue weighted by atomic mass is 19.4. The number of hydrogen-bond donors (Lipinski definition) is 1. The van der Waals surface area contributed by atoms with Crippen LogP contribution in [0.25, 0.3) is 0 Å². The van der Waals surface area contributed by atoms with E-state index in [-0.39, 0.29) is 29.0 Å². The zero-order valence-electron chi connectivity index (χ0n) is 21.4. The van der Waals surface area contributed by atoms with Gasteiger partial charge in [0.15, 0.2) is 11.6 Å². The molecule has 1 atom stereocenters. The number of aromatic nitrogens is 5. The zero-order valence-corrected chi connectivity index (χ0v) is 21.4. The molecule has 0 unspecified atom stereocenters. The second kappa shape index (κ2) is 9.37. The van der Waals surface area contributed by atoms with Crippen LogP contribution in [-0.4, -0.2) is 50.5 Å². The number of nitrogens with one attached hydrogen (secondary N) is 1. The average Bonchev–Trinajstić information content (AvgIpc) is 2.85. The molecule has 3 aromatic rings. The summed E-state index contributed by atoms with van der Waals surface area (Å²) in [4.78, 5) is 37.3. The SMILES string of the molecule is CN1c2nc(NCc3ccc(Oc4cnc(C(F)(F)F)nc4)nc3)nc3c2N(CCC3)C(=O)[C@@H]1C(C)(C)C. The van der Waals surface area contributed by atoms with Crippen LogP contribution >= 0.6 is 0 Å². The molecule has 0 aromatic carbocycles. The lowest BCUT2D eigenvalue weighted by Crippen LogP contribution is -2.59. The van der Waals surface area contributed by atoms with Crippen LogP contribution in [0.1, 0.15) is 44.3 Å². The number of amides is 1. The van der Waals surface area contributed by atoms with Crippen molar-refractivity contribution in [1.29, 1.82) is 0 Å². The summed E-state index contributed by atoms with van der Waals surface area (Å²) in [5, 5.41) is 3.24. The molecule has 1 amide bonds. The number of likely N-dealkylation sites (N-methyl/N-ethyl adjacent to an activating group) is 1. The van der Waals surface area contributed by atoms with Gasteiger partial charge in [-0.05, 0) is 23.8 Å². The Kier molecular flexibility index (Phi) is 6.32. The third-order valence-corrected chi connectivity index (χ3v) is 6.40. The third-order valence-electron chi connectivity index (χ3n) is 6.40. The summed E-state index contributed by atoms with van der Waals surface area (Å²) in [7, 11) is 1.90. The van der Waals surface area contributed by atoms with Crippen LogP contribution in [0.4, 0.5) is 30.6 Å². The number of ether oxygens (including phenoxy) is 1. The van der Waals surface area contributed by atoms with E-state index in [0.29, 0.717) is 19.0 Å². The van der Waals surface area contributed by atoms with E-state index < -0.39 is 12.0 Å². The van der Waals surface area contributed by atoms with Crippen LogP contribution in [0.3, 0.4) is 0 Å². The van der Waals surface area contributed by atoms with Gasteiger partial charge in [-0.15, -0.1) is 0 Å². The van der Waals surface area contributed by atoms with Gasteiger partial charge < -0.3 is 19.9 Å². The number of rotatable bonds is 5. The topological polar surface area (TPSA) is 109 Å². The summed E-state index contributed by atoms with van der Waals surface area (Å²) in [5.41, 5.74) is 2.18. The number of carbonyl (C=O) groups excluding carboxylic acids is 1. The molecule has 5 rings (SSSR count). The Labute approximate surface area is 217 Å². The summed E-state index contributed by atoms with van der Waals surface area (Å²) in [6.07, 6.45) is 0.456. The van der Waals surface area contributed by atoms with Crippen LogP contribution in [0.2, 0.25) is 0 Å². The van der Waals surface area contributed by atoms with E-state index in [1.807, 2.05) is 37.6 Å². The fourth-order valence-corrected chi connectivity index (χ4v) is 4.78. The first-order chi connectivity index (χ1) is 17.9. The van der Waals surface area contributed by atoms with E-state index in [0.717, 1.165) is 48.0 Å².